The molecule has 2 aliphatic carbocycles. The predicted molar refractivity (Wildman–Crippen MR) is 232 cm³/mol. The van der Waals surface area contributed by atoms with Crippen molar-refractivity contribution >= 4 is 11.1 Å². The molecular weight excluding hydrogens is 691 g/mol. The van der Waals surface area contributed by atoms with E-state index in [0.717, 1.165) is 44.5 Å². The summed E-state index contributed by atoms with van der Waals surface area (Å²) in [5.74, 6) is 1.92. The third-order valence-corrected chi connectivity index (χ3v) is 11.2. The molecule has 0 saturated heterocycles. The second-order valence-electron chi connectivity index (χ2n) is 14.8. The van der Waals surface area contributed by atoms with E-state index in [0.29, 0.717) is 17.5 Å². The summed E-state index contributed by atoms with van der Waals surface area (Å²) in [4.78, 5) is 14.9. The molecule has 268 valence electrons. The summed E-state index contributed by atoms with van der Waals surface area (Å²) < 4.78 is 0. The highest BCUT2D eigenvalue weighted by Gasteiger charge is 2.48. The molecule has 0 N–H and O–H groups in total. The van der Waals surface area contributed by atoms with Gasteiger partial charge in [0.25, 0.3) is 0 Å². The molecule has 2 aliphatic rings. The molecule has 1 aromatic heterocycles. The first-order chi connectivity index (χ1) is 28.0. The quantitative estimate of drug-likeness (QED) is 0.153. The molecule has 1 heterocycles. The van der Waals surface area contributed by atoms with Crippen molar-refractivity contribution in [1.82, 2.24) is 15.0 Å². The standard InChI is InChI=1S/C54H37N3/c1-36-23-28-45(29-24-36)54(46-30-25-37(2)26-31-46)49-22-10-9-21-47(49)48-32-27-43(35-50(48)54)41-18-11-17-40(33-41)42-19-12-20-44(34-42)53-56-51(38-13-5-3-6-14-38)55-52(57-53)39-15-7-4-8-16-39/h3-26,28-31,33-35H,1-2H3. The fourth-order valence-electron chi connectivity index (χ4n) is 8.32. The SMILES string of the molecule is Cc1ccc(C2(c3ccc(C)cc3)C3=CC(c4cccc(-c5cccc(-c6nc(-c7ccccc7)nc(-c7ccccc7)n6)c5)c4)=C=C=C3c3ccccc32)cc1. The van der Waals surface area contributed by atoms with Crippen molar-refractivity contribution in [1.29, 1.82) is 0 Å². The van der Waals surface area contributed by atoms with Gasteiger partial charge >= 0.3 is 0 Å². The van der Waals surface area contributed by atoms with Crippen LogP contribution in [0.15, 0.2) is 205 Å². The predicted octanol–water partition coefficient (Wildman–Crippen LogP) is 12.7. The lowest BCUT2D eigenvalue weighted by Gasteiger charge is -2.34. The van der Waals surface area contributed by atoms with Gasteiger partial charge in [0.05, 0.1) is 5.41 Å². The van der Waals surface area contributed by atoms with Gasteiger partial charge in [-0.1, -0.05) is 192 Å². The minimum Gasteiger partial charge on any atom is -0.208 e. The van der Waals surface area contributed by atoms with Crippen molar-refractivity contribution in [3.63, 3.8) is 0 Å². The molecule has 3 heteroatoms. The Bertz CT molecular complexity index is 2860. The average molecular weight is 728 g/mol. The van der Waals surface area contributed by atoms with E-state index >= 15 is 0 Å². The Kier molecular flexibility index (Phi) is 8.39. The van der Waals surface area contributed by atoms with E-state index in [4.69, 9.17) is 15.0 Å². The van der Waals surface area contributed by atoms with Crippen LogP contribution in [0.5, 0.6) is 0 Å². The number of nitrogens with zero attached hydrogens (tertiary/aromatic N) is 3. The molecule has 3 nitrogen and oxygen atoms in total. The molecule has 8 aromatic rings. The molecule has 10 rings (SSSR count). The fourth-order valence-corrected chi connectivity index (χ4v) is 8.32. The first-order valence-corrected chi connectivity index (χ1v) is 19.4. The zero-order chi connectivity index (χ0) is 38.3. The number of aryl methyl sites for hydroxylation is 2. The monoisotopic (exact) mass is 727 g/mol. The van der Waals surface area contributed by atoms with Crippen molar-refractivity contribution in [2.45, 2.75) is 19.3 Å². The number of aromatic nitrogens is 3. The molecule has 0 bridgehead atoms. The van der Waals surface area contributed by atoms with Crippen LogP contribution >= 0.6 is 0 Å². The normalized spacial score (nSPS) is 13.6. The zero-order valence-electron chi connectivity index (χ0n) is 31.7. The van der Waals surface area contributed by atoms with Crippen LogP contribution in [-0.4, -0.2) is 15.0 Å². The third-order valence-electron chi connectivity index (χ3n) is 11.2. The highest BCUT2D eigenvalue weighted by atomic mass is 15.0. The fraction of sp³-hybridized carbons (Fsp3) is 0.0556. The smallest absolute Gasteiger partial charge is 0.164 e. The molecule has 0 amide bonds. The second kappa shape index (κ2) is 14.0. The van der Waals surface area contributed by atoms with E-state index < -0.39 is 5.41 Å². The van der Waals surface area contributed by atoms with Gasteiger partial charge in [0.1, 0.15) is 0 Å². The van der Waals surface area contributed by atoms with E-state index in [1.165, 1.54) is 39.0 Å². The summed E-state index contributed by atoms with van der Waals surface area (Å²) in [7, 11) is 0. The van der Waals surface area contributed by atoms with Crippen molar-refractivity contribution in [3.05, 3.63) is 244 Å². The van der Waals surface area contributed by atoms with Gasteiger partial charge < -0.3 is 0 Å². The first kappa shape index (κ1) is 34.1. The van der Waals surface area contributed by atoms with E-state index in [-0.39, 0.29) is 0 Å². The molecule has 57 heavy (non-hydrogen) atoms. The minimum atomic E-state index is -0.513. The lowest BCUT2D eigenvalue weighted by atomic mass is 9.66. The number of hydrogen-bond donors (Lipinski definition) is 0. The highest BCUT2D eigenvalue weighted by Crippen LogP contribution is 2.58. The molecule has 7 aromatic carbocycles. The van der Waals surface area contributed by atoms with Gasteiger partial charge in [-0.05, 0) is 76.6 Å². The number of rotatable bonds is 7. The van der Waals surface area contributed by atoms with Gasteiger partial charge in [-0.25, -0.2) is 15.0 Å². The molecule has 0 saturated carbocycles. The Labute approximate surface area is 333 Å². The van der Waals surface area contributed by atoms with Crippen LogP contribution in [0.1, 0.15) is 38.9 Å². The van der Waals surface area contributed by atoms with Crippen LogP contribution in [0.4, 0.5) is 0 Å². The maximum absolute atomic E-state index is 4.99. The Hall–Kier alpha value is -7.41. The molecule has 0 unspecified atom stereocenters. The average Bonchev–Trinajstić information content (AvgIpc) is 3.58. The van der Waals surface area contributed by atoms with Crippen LogP contribution in [0.25, 0.3) is 56.4 Å². The molecule has 0 fully saturated rings. The van der Waals surface area contributed by atoms with Crippen molar-refractivity contribution < 1.29 is 0 Å². The lowest BCUT2D eigenvalue weighted by Crippen LogP contribution is -2.29. The summed E-state index contributed by atoms with van der Waals surface area (Å²) in [6, 6.07) is 64.3. The number of allylic oxidation sites excluding steroid dienone is 4. The lowest BCUT2D eigenvalue weighted by molar-refractivity contribution is 0.768. The van der Waals surface area contributed by atoms with Gasteiger partial charge in [-0.2, -0.15) is 0 Å². The van der Waals surface area contributed by atoms with Crippen LogP contribution in [0.2, 0.25) is 0 Å². The van der Waals surface area contributed by atoms with Gasteiger partial charge in [0, 0.05) is 27.8 Å². The van der Waals surface area contributed by atoms with Gasteiger partial charge in [-0.3, -0.25) is 0 Å². The largest absolute Gasteiger partial charge is 0.208 e. The van der Waals surface area contributed by atoms with Crippen molar-refractivity contribution in [3.8, 4) is 45.3 Å². The summed E-state index contributed by atoms with van der Waals surface area (Å²) in [5, 5.41) is 0. The van der Waals surface area contributed by atoms with Gasteiger partial charge in [0.15, 0.2) is 17.5 Å². The number of fused-ring (bicyclic) bond motifs is 3. The Balaban J connectivity index is 1.09. The number of benzene rings is 7. The maximum Gasteiger partial charge on any atom is 0.164 e. The van der Waals surface area contributed by atoms with Gasteiger partial charge in [0.2, 0.25) is 0 Å². The van der Waals surface area contributed by atoms with Crippen molar-refractivity contribution in [2.24, 2.45) is 0 Å². The van der Waals surface area contributed by atoms with Crippen LogP contribution < -0.4 is 0 Å². The Morgan fingerprint density at radius 2 is 0.860 bits per heavy atom. The number of hydrogen-bond acceptors (Lipinski definition) is 3. The van der Waals surface area contributed by atoms with E-state index in [2.05, 4.69) is 153 Å². The molecule has 0 radical (unpaired) electrons. The van der Waals surface area contributed by atoms with Crippen LogP contribution in [-0.2, 0) is 5.41 Å². The molecule has 0 atom stereocenters. The third kappa shape index (κ3) is 6.00. The molecule has 0 aliphatic heterocycles. The summed E-state index contributed by atoms with van der Waals surface area (Å²) in [6.07, 6.45) is 2.35. The van der Waals surface area contributed by atoms with E-state index in [1.807, 2.05) is 60.7 Å². The summed E-state index contributed by atoms with van der Waals surface area (Å²) in [5.41, 5.74) is 23.5. The van der Waals surface area contributed by atoms with Crippen LogP contribution in [0.3, 0.4) is 0 Å². The van der Waals surface area contributed by atoms with E-state index in [1.54, 1.807) is 0 Å². The van der Waals surface area contributed by atoms with E-state index in [9.17, 15) is 0 Å². The topological polar surface area (TPSA) is 38.7 Å². The second-order valence-corrected chi connectivity index (χ2v) is 14.8. The zero-order valence-corrected chi connectivity index (χ0v) is 31.7. The summed E-state index contributed by atoms with van der Waals surface area (Å²) >= 11 is 0. The van der Waals surface area contributed by atoms with Gasteiger partial charge in [-0.15, -0.1) is 0 Å². The minimum absolute atomic E-state index is 0.513. The Morgan fingerprint density at radius 1 is 0.404 bits per heavy atom. The maximum atomic E-state index is 4.99. The summed E-state index contributed by atoms with van der Waals surface area (Å²) in [6.45, 7) is 4.30. The molecular formula is C54H37N3. The first-order valence-electron chi connectivity index (χ1n) is 19.4. The molecule has 0 spiro atoms. The van der Waals surface area contributed by atoms with Crippen molar-refractivity contribution in [2.75, 3.05) is 0 Å². The van der Waals surface area contributed by atoms with Crippen LogP contribution in [0, 0.1) is 13.8 Å². The Morgan fingerprint density at radius 3 is 1.44 bits per heavy atom. The highest BCUT2D eigenvalue weighted by molar-refractivity contribution is 5.98.